The lowest BCUT2D eigenvalue weighted by atomic mass is 10.1. The summed E-state index contributed by atoms with van der Waals surface area (Å²) in [6, 6.07) is 11.9. The Morgan fingerprint density at radius 2 is 2.00 bits per heavy atom. The van der Waals surface area contributed by atoms with Gasteiger partial charge in [-0.05, 0) is 31.4 Å². The Hall–Kier alpha value is -2.56. The van der Waals surface area contributed by atoms with Crippen LogP contribution < -0.4 is 10.1 Å². The molecule has 126 valence electrons. The molecule has 0 amide bonds. The predicted octanol–water partition coefficient (Wildman–Crippen LogP) is 4.17. The molecule has 1 aromatic carbocycles. The molecule has 5 nitrogen and oxygen atoms in total. The molecule has 24 heavy (non-hydrogen) atoms. The summed E-state index contributed by atoms with van der Waals surface area (Å²) in [5.74, 6) is 2.45. The minimum Gasteiger partial charge on any atom is -0.496 e. The number of para-hydroxylation sites is 1. The number of rotatable bonds is 6. The highest BCUT2D eigenvalue weighted by Gasteiger charge is 2.12. The molecule has 0 aliphatic carbocycles. The third kappa shape index (κ3) is 3.35. The predicted molar refractivity (Wildman–Crippen MR) is 97.7 cm³/mol. The van der Waals surface area contributed by atoms with E-state index >= 15 is 0 Å². The zero-order valence-electron chi connectivity index (χ0n) is 14.7. The molecule has 0 radical (unpaired) electrons. The summed E-state index contributed by atoms with van der Waals surface area (Å²) >= 11 is 0. The largest absolute Gasteiger partial charge is 0.496 e. The second-order valence-electron chi connectivity index (χ2n) is 6.39. The van der Waals surface area contributed by atoms with E-state index in [1.807, 2.05) is 47.8 Å². The molecule has 1 N–H and O–H groups in total. The van der Waals surface area contributed by atoms with Crippen molar-refractivity contribution in [2.45, 2.75) is 27.2 Å². The summed E-state index contributed by atoms with van der Waals surface area (Å²) in [5.41, 5.74) is 3.64. The van der Waals surface area contributed by atoms with Gasteiger partial charge in [0.05, 0.1) is 12.8 Å². The lowest BCUT2D eigenvalue weighted by Gasteiger charge is -2.10. The molecule has 2 aromatic heterocycles. The topological polar surface area (TPSA) is 51.5 Å². The fourth-order valence-electron chi connectivity index (χ4n) is 2.70. The van der Waals surface area contributed by atoms with Crippen LogP contribution in [0.3, 0.4) is 0 Å². The second-order valence-corrected chi connectivity index (χ2v) is 6.39. The van der Waals surface area contributed by atoms with E-state index in [4.69, 9.17) is 9.84 Å². The molecular weight excluding hydrogens is 300 g/mol. The third-order valence-corrected chi connectivity index (χ3v) is 3.97. The van der Waals surface area contributed by atoms with Crippen molar-refractivity contribution in [3.63, 3.8) is 0 Å². The van der Waals surface area contributed by atoms with Crippen molar-refractivity contribution in [2.24, 2.45) is 5.92 Å². The molecule has 0 fully saturated rings. The number of methoxy groups -OCH3 is 1. The molecule has 0 unspecified atom stereocenters. The third-order valence-electron chi connectivity index (χ3n) is 3.97. The number of hydrogen-bond acceptors (Lipinski definition) is 4. The SMILES string of the molecule is COc1ccccc1-c1cc2nc(C)cc(NCCC(C)C)n2n1. The zero-order valence-corrected chi connectivity index (χ0v) is 14.7. The summed E-state index contributed by atoms with van der Waals surface area (Å²) in [5, 5.41) is 8.22. The van der Waals surface area contributed by atoms with Crippen molar-refractivity contribution >= 4 is 11.5 Å². The molecule has 0 spiro atoms. The van der Waals surface area contributed by atoms with Crippen molar-refractivity contribution in [3.05, 3.63) is 42.1 Å². The maximum atomic E-state index is 5.46. The van der Waals surface area contributed by atoms with E-state index in [1.165, 1.54) is 0 Å². The van der Waals surface area contributed by atoms with Crippen LogP contribution in [-0.4, -0.2) is 28.3 Å². The smallest absolute Gasteiger partial charge is 0.158 e. The minimum absolute atomic E-state index is 0.665. The van der Waals surface area contributed by atoms with E-state index in [1.54, 1.807) is 7.11 Å². The number of nitrogens with zero attached hydrogens (tertiary/aromatic N) is 3. The lowest BCUT2D eigenvalue weighted by molar-refractivity contribution is 0.416. The highest BCUT2D eigenvalue weighted by molar-refractivity contribution is 5.71. The van der Waals surface area contributed by atoms with Gasteiger partial charge in [-0.25, -0.2) is 4.98 Å². The van der Waals surface area contributed by atoms with E-state index in [2.05, 4.69) is 24.1 Å². The molecule has 0 saturated heterocycles. The van der Waals surface area contributed by atoms with E-state index in [0.29, 0.717) is 5.92 Å². The van der Waals surface area contributed by atoms with Crippen LogP contribution in [0.4, 0.5) is 5.82 Å². The average Bonchev–Trinajstić information content (AvgIpc) is 2.98. The van der Waals surface area contributed by atoms with Crippen LogP contribution in [0.5, 0.6) is 5.75 Å². The number of aryl methyl sites for hydroxylation is 1. The number of aromatic nitrogens is 3. The first-order valence-corrected chi connectivity index (χ1v) is 8.33. The Bertz CT molecular complexity index is 838. The van der Waals surface area contributed by atoms with Gasteiger partial charge >= 0.3 is 0 Å². The molecule has 0 aliphatic rings. The van der Waals surface area contributed by atoms with Gasteiger partial charge in [0.15, 0.2) is 5.65 Å². The van der Waals surface area contributed by atoms with Gasteiger partial charge in [-0.3, -0.25) is 0 Å². The first-order valence-electron chi connectivity index (χ1n) is 8.33. The summed E-state index contributed by atoms with van der Waals surface area (Å²) < 4.78 is 7.33. The number of fused-ring (bicyclic) bond motifs is 1. The van der Waals surface area contributed by atoms with Crippen LogP contribution in [0.25, 0.3) is 16.9 Å². The van der Waals surface area contributed by atoms with Crippen molar-refractivity contribution in [2.75, 3.05) is 19.0 Å². The van der Waals surface area contributed by atoms with Gasteiger partial charge < -0.3 is 10.1 Å². The summed E-state index contributed by atoms with van der Waals surface area (Å²) in [6.07, 6.45) is 1.11. The number of benzene rings is 1. The molecule has 0 aliphatic heterocycles. The fraction of sp³-hybridized carbons (Fsp3) is 0.368. The van der Waals surface area contributed by atoms with Gasteiger partial charge in [0.25, 0.3) is 0 Å². The van der Waals surface area contributed by atoms with Gasteiger partial charge in [-0.1, -0.05) is 26.0 Å². The Kier molecular flexibility index (Phi) is 4.69. The zero-order chi connectivity index (χ0) is 17.1. The molecular formula is C19H24N4O. The van der Waals surface area contributed by atoms with Gasteiger partial charge in [-0.2, -0.15) is 9.61 Å². The van der Waals surface area contributed by atoms with Crippen LogP contribution in [-0.2, 0) is 0 Å². The van der Waals surface area contributed by atoms with Gasteiger partial charge in [0.2, 0.25) is 0 Å². The molecule has 0 atom stereocenters. The van der Waals surface area contributed by atoms with Gasteiger partial charge in [0.1, 0.15) is 11.6 Å². The maximum absolute atomic E-state index is 5.46. The van der Waals surface area contributed by atoms with Crippen LogP contribution in [0, 0.1) is 12.8 Å². The number of ether oxygens (including phenoxy) is 1. The van der Waals surface area contributed by atoms with Crippen LogP contribution in [0.1, 0.15) is 26.0 Å². The Morgan fingerprint density at radius 3 is 2.75 bits per heavy atom. The monoisotopic (exact) mass is 324 g/mol. The van der Waals surface area contributed by atoms with Crippen LogP contribution in [0.2, 0.25) is 0 Å². The van der Waals surface area contributed by atoms with E-state index in [-0.39, 0.29) is 0 Å². The van der Waals surface area contributed by atoms with Gasteiger partial charge in [-0.15, -0.1) is 0 Å². The molecule has 5 heteroatoms. The highest BCUT2D eigenvalue weighted by Crippen LogP contribution is 2.29. The second kappa shape index (κ2) is 6.91. The first-order chi connectivity index (χ1) is 11.6. The van der Waals surface area contributed by atoms with E-state index in [9.17, 15) is 0 Å². The van der Waals surface area contributed by atoms with Crippen molar-refractivity contribution in [1.82, 2.24) is 14.6 Å². The quantitative estimate of drug-likeness (QED) is 0.739. The lowest BCUT2D eigenvalue weighted by Crippen LogP contribution is -2.09. The standard InChI is InChI=1S/C19H24N4O/c1-13(2)9-10-20-18-11-14(3)21-19-12-16(22-23(18)19)15-7-5-6-8-17(15)24-4/h5-8,11-13,20H,9-10H2,1-4H3. The highest BCUT2D eigenvalue weighted by atomic mass is 16.5. The average molecular weight is 324 g/mol. The van der Waals surface area contributed by atoms with Crippen LogP contribution in [0.15, 0.2) is 36.4 Å². The number of nitrogens with one attached hydrogen (secondary N) is 1. The maximum Gasteiger partial charge on any atom is 0.158 e. The number of anilines is 1. The summed E-state index contributed by atoms with van der Waals surface area (Å²) in [6.45, 7) is 7.37. The molecule has 2 heterocycles. The van der Waals surface area contributed by atoms with Crippen LogP contribution >= 0.6 is 0 Å². The van der Waals surface area contributed by atoms with Crippen molar-refractivity contribution in [3.8, 4) is 17.0 Å². The molecule has 0 bridgehead atoms. The van der Waals surface area contributed by atoms with E-state index < -0.39 is 0 Å². The minimum atomic E-state index is 0.665. The fourth-order valence-corrected chi connectivity index (χ4v) is 2.70. The summed E-state index contributed by atoms with van der Waals surface area (Å²) in [4.78, 5) is 4.60. The van der Waals surface area contributed by atoms with E-state index in [0.717, 1.165) is 47.1 Å². The molecule has 3 aromatic rings. The Labute approximate surface area is 142 Å². The normalized spacial score (nSPS) is 11.2. The molecule has 3 rings (SSSR count). The van der Waals surface area contributed by atoms with Crippen molar-refractivity contribution in [1.29, 1.82) is 0 Å². The molecule has 0 saturated carbocycles. The van der Waals surface area contributed by atoms with Gasteiger partial charge in [0, 0.05) is 29.9 Å². The van der Waals surface area contributed by atoms with Crippen molar-refractivity contribution < 1.29 is 4.74 Å². The Balaban J connectivity index is 2.01. The summed E-state index contributed by atoms with van der Waals surface area (Å²) in [7, 11) is 1.68. The first kappa shape index (κ1) is 16.3. The Morgan fingerprint density at radius 1 is 1.21 bits per heavy atom. The number of hydrogen-bond donors (Lipinski definition) is 1.